The molecule has 1 amide bonds. The molecule has 0 radical (unpaired) electrons. The van der Waals surface area contributed by atoms with Crippen LogP contribution in [-0.4, -0.2) is 66.0 Å². The number of aryl methyl sites for hydroxylation is 1. The molecule has 1 aliphatic carbocycles. The summed E-state index contributed by atoms with van der Waals surface area (Å²) in [5.41, 5.74) is 1.49. The van der Waals surface area contributed by atoms with E-state index < -0.39 is 0 Å². The lowest BCUT2D eigenvalue weighted by Crippen LogP contribution is -2.60. The standard InChI is InChI=1S/C23H32ClN5O2.2ClH/c1-28-20-4-2-3-18(24)21(20)19(27-28)14-26-22(30)23-7-5-17(29-9-11-31-12-10-29)13-16(23)6-8-25-15-23;;/h2-4,16-17,25H,5-15H2,1H3,(H,26,30);2*1H/t16-,17-,23-;;/m1../s1. The number of amides is 1. The molecule has 33 heavy (non-hydrogen) atoms. The highest BCUT2D eigenvalue weighted by Gasteiger charge is 2.50. The minimum Gasteiger partial charge on any atom is -0.379 e. The Bertz CT molecular complexity index is 965. The normalized spacial score (nSPS) is 27.8. The highest BCUT2D eigenvalue weighted by molar-refractivity contribution is 6.35. The van der Waals surface area contributed by atoms with Gasteiger partial charge in [-0.3, -0.25) is 14.4 Å². The van der Waals surface area contributed by atoms with Gasteiger partial charge in [0.1, 0.15) is 0 Å². The monoisotopic (exact) mass is 517 g/mol. The van der Waals surface area contributed by atoms with Crippen LogP contribution in [0.25, 0.3) is 10.9 Å². The molecule has 3 atom stereocenters. The van der Waals surface area contributed by atoms with Crippen LogP contribution in [0.1, 0.15) is 31.4 Å². The predicted octanol–water partition coefficient (Wildman–Crippen LogP) is 3.17. The molecule has 1 aromatic heterocycles. The summed E-state index contributed by atoms with van der Waals surface area (Å²) >= 11 is 6.45. The molecule has 3 aliphatic rings. The molecule has 10 heteroatoms. The Labute approximate surface area is 212 Å². The summed E-state index contributed by atoms with van der Waals surface area (Å²) < 4.78 is 7.37. The maximum absolute atomic E-state index is 13.6. The smallest absolute Gasteiger partial charge is 0.228 e. The summed E-state index contributed by atoms with van der Waals surface area (Å²) in [7, 11) is 1.91. The van der Waals surface area contributed by atoms with E-state index in [0.717, 1.165) is 81.7 Å². The van der Waals surface area contributed by atoms with Crippen LogP contribution in [0.3, 0.4) is 0 Å². The van der Waals surface area contributed by atoms with Crippen molar-refractivity contribution < 1.29 is 9.53 Å². The summed E-state index contributed by atoms with van der Waals surface area (Å²) in [5.74, 6) is 0.579. The topological polar surface area (TPSA) is 71.4 Å². The van der Waals surface area contributed by atoms with Crippen molar-refractivity contribution in [3.63, 3.8) is 0 Å². The number of carbonyl (C=O) groups excluding carboxylic acids is 1. The fourth-order valence-electron chi connectivity index (χ4n) is 5.99. The number of benzene rings is 1. The van der Waals surface area contributed by atoms with Gasteiger partial charge in [-0.25, -0.2) is 0 Å². The highest BCUT2D eigenvalue weighted by atomic mass is 35.5. The molecular weight excluding hydrogens is 485 g/mol. The number of hydrogen-bond donors (Lipinski definition) is 2. The van der Waals surface area contributed by atoms with Gasteiger partial charge in [0.05, 0.1) is 41.4 Å². The van der Waals surface area contributed by atoms with Crippen molar-refractivity contribution in [3.8, 4) is 0 Å². The number of piperidine rings is 1. The molecule has 0 bridgehead atoms. The van der Waals surface area contributed by atoms with Gasteiger partial charge in [-0.15, -0.1) is 24.8 Å². The number of fused-ring (bicyclic) bond motifs is 2. The minimum atomic E-state index is -0.324. The van der Waals surface area contributed by atoms with E-state index in [1.54, 1.807) is 0 Å². The Hall–Kier alpha value is -1.09. The first kappa shape index (κ1) is 26.5. The van der Waals surface area contributed by atoms with Gasteiger partial charge in [-0.1, -0.05) is 17.7 Å². The van der Waals surface area contributed by atoms with Crippen molar-refractivity contribution >= 4 is 53.2 Å². The van der Waals surface area contributed by atoms with Crippen molar-refractivity contribution in [1.29, 1.82) is 0 Å². The number of hydrogen-bond acceptors (Lipinski definition) is 5. The van der Waals surface area contributed by atoms with E-state index >= 15 is 0 Å². The average molecular weight is 519 g/mol. The van der Waals surface area contributed by atoms with Crippen LogP contribution in [0.15, 0.2) is 18.2 Å². The van der Waals surface area contributed by atoms with Crippen molar-refractivity contribution in [2.45, 2.75) is 38.3 Å². The lowest BCUT2D eigenvalue weighted by Gasteiger charge is -2.50. The fourth-order valence-corrected chi connectivity index (χ4v) is 6.26. The van der Waals surface area contributed by atoms with Gasteiger partial charge in [0.25, 0.3) is 0 Å². The molecule has 2 saturated heterocycles. The van der Waals surface area contributed by atoms with Gasteiger partial charge in [-0.2, -0.15) is 5.10 Å². The van der Waals surface area contributed by atoms with Crippen molar-refractivity contribution in [2.24, 2.45) is 18.4 Å². The Balaban J connectivity index is 0.00000153. The number of nitrogens with one attached hydrogen (secondary N) is 2. The van der Waals surface area contributed by atoms with Crippen LogP contribution in [-0.2, 0) is 23.1 Å². The lowest BCUT2D eigenvalue weighted by molar-refractivity contribution is -0.140. The molecule has 184 valence electrons. The molecule has 5 rings (SSSR count). The van der Waals surface area contributed by atoms with E-state index in [1.807, 2.05) is 29.9 Å². The second kappa shape index (κ2) is 11.1. The Morgan fingerprint density at radius 1 is 1.30 bits per heavy atom. The van der Waals surface area contributed by atoms with Gasteiger partial charge in [-0.05, 0) is 50.3 Å². The molecule has 3 heterocycles. The quantitative estimate of drug-likeness (QED) is 0.651. The van der Waals surface area contributed by atoms with E-state index in [0.29, 0.717) is 23.5 Å². The summed E-state index contributed by atoms with van der Waals surface area (Å²) in [6.45, 7) is 5.86. The molecule has 0 unspecified atom stereocenters. The third-order valence-corrected chi connectivity index (χ3v) is 8.02. The summed E-state index contributed by atoms with van der Waals surface area (Å²) in [4.78, 5) is 16.2. The zero-order chi connectivity index (χ0) is 21.4. The first-order valence-corrected chi connectivity index (χ1v) is 11.9. The number of carbonyl (C=O) groups is 1. The highest BCUT2D eigenvalue weighted by Crippen LogP contribution is 2.46. The lowest BCUT2D eigenvalue weighted by atomic mass is 9.61. The maximum Gasteiger partial charge on any atom is 0.228 e. The van der Waals surface area contributed by atoms with Gasteiger partial charge in [0.15, 0.2) is 0 Å². The van der Waals surface area contributed by atoms with Gasteiger partial charge >= 0.3 is 0 Å². The van der Waals surface area contributed by atoms with E-state index in [4.69, 9.17) is 16.3 Å². The molecule has 1 saturated carbocycles. The van der Waals surface area contributed by atoms with Crippen LogP contribution in [0, 0.1) is 11.3 Å². The van der Waals surface area contributed by atoms with Crippen molar-refractivity contribution in [2.75, 3.05) is 39.4 Å². The van der Waals surface area contributed by atoms with Gasteiger partial charge in [0.2, 0.25) is 5.91 Å². The molecule has 2 aliphatic heterocycles. The number of rotatable bonds is 4. The van der Waals surface area contributed by atoms with Crippen molar-refractivity contribution in [1.82, 2.24) is 25.3 Å². The number of halogens is 3. The molecule has 0 spiro atoms. The number of ether oxygens (including phenoxy) is 1. The molecule has 3 fully saturated rings. The largest absolute Gasteiger partial charge is 0.379 e. The third kappa shape index (κ3) is 5.00. The molecule has 7 nitrogen and oxygen atoms in total. The van der Waals surface area contributed by atoms with E-state index in [2.05, 4.69) is 20.6 Å². The molecule has 1 aromatic carbocycles. The summed E-state index contributed by atoms with van der Waals surface area (Å²) in [6.07, 6.45) is 4.17. The van der Waals surface area contributed by atoms with Crippen LogP contribution in [0.2, 0.25) is 5.02 Å². The number of morpholine rings is 1. The SMILES string of the molecule is Cl.Cl.Cn1nc(CNC(=O)[C@@]23CC[C@@H](N4CCOCC4)C[C@H]2CCNC3)c2c(Cl)cccc21. The fraction of sp³-hybridized carbons (Fsp3) is 0.652. The first-order chi connectivity index (χ1) is 15.1. The van der Waals surface area contributed by atoms with Crippen LogP contribution >= 0.6 is 36.4 Å². The Kier molecular flexibility index (Phi) is 8.92. The second-order valence-corrected chi connectivity index (χ2v) is 9.69. The average Bonchev–Trinajstić information content (AvgIpc) is 3.14. The van der Waals surface area contributed by atoms with E-state index in [-0.39, 0.29) is 36.1 Å². The zero-order valence-corrected chi connectivity index (χ0v) is 21.4. The minimum absolute atomic E-state index is 0. The molecular formula is C23H34Cl3N5O2. The van der Waals surface area contributed by atoms with E-state index in [9.17, 15) is 4.79 Å². The van der Waals surface area contributed by atoms with Crippen molar-refractivity contribution in [3.05, 3.63) is 28.9 Å². The molecule has 2 aromatic rings. The summed E-state index contributed by atoms with van der Waals surface area (Å²) in [6, 6.07) is 6.39. The van der Waals surface area contributed by atoms with Gasteiger partial charge in [0, 0.05) is 38.1 Å². The Morgan fingerprint density at radius 3 is 2.88 bits per heavy atom. The third-order valence-electron chi connectivity index (χ3n) is 7.70. The van der Waals surface area contributed by atoms with E-state index in [1.165, 1.54) is 0 Å². The first-order valence-electron chi connectivity index (χ1n) is 11.5. The zero-order valence-electron chi connectivity index (χ0n) is 19.0. The Morgan fingerprint density at radius 2 is 2.09 bits per heavy atom. The number of aromatic nitrogens is 2. The van der Waals surface area contributed by atoms with Crippen LogP contribution in [0.5, 0.6) is 0 Å². The second-order valence-electron chi connectivity index (χ2n) is 9.28. The summed E-state index contributed by atoms with van der Waals surface area (Å²) in [5, 5.41) is 13.0. The molecule has 2 N–H and O–H groups in total. The predicted molar refractivity (Wildman–Crippen MR) is 136 cm³/mol. The maximum atomic E-state index is 13.6. The number of nitrogens with zero attached hydrogens (tertiary/aromatic N) is 3. The van der Waals surface area contributed by atoms with Crippen LogP contribution < -0.4 is 10.6 Å². The van der Waals surface area contributed by atoms with Crippen LogP contribution in [0.4, 0.5) is 0 Å². The van der Waals surface area contributed by atoms with Gasteiger partial charge < -0.3 is 15.4 Å².